The van der Waals surface area contributed by atoms with Gasteiger partial charge in [-0.25, -0.2) is 8.42 Å². The molecule has 0 bridgehead atoms. The van der Waals surface area contributed by atoms with Crippen molar-refractivity contribution >= 4 is 10.0 Å². The Bertz CT molecular complexity index is 641. The molecule has 1 aromatic carbocycles. The van der Waals surface area contributed by atoms with E-state index in [0.29, 0.717) is 18.7 Å². The lowest BCUT2D eigenvalue weighted by molar-refractivity contribution is 0.174. The van der Waals surface area contributed by atoms with Gasteiger partial charge in [0.05, 0.1) is 5.75 Å². The highest BCUT2D eigenvalue weighted by molar-refractivity contribution is 7.89. The summed E-state index contributed by atoms with van der Waals surface area (Å²) < 4.78 is 37.3. The van der Waals surface area contributed by atoms with E-state index in [1.807, 2.05) is 26.0 Å². The second-order valence-electron chi connectivity index (χ2n) is 5.74. The van der Waals surface area contributed by atoms with Gasteiger partial charge in [-0.05, 0) is 43.0 Å². The first kappa shape index (κ1) is 14.7. The third kappa shape index (κ3) is 2.74. The Morgan fingerprint density at radius 2 is 1.90 bits per heavy atom. The maximum atomic E-state index is 12.5. The molecule has 6 heteroatoms. The van der Waals surface area contributed by atoms with Crippen LogP contribution < -0.4 is 9.47 Å². The quantitative estimate of drug-likeness (QED) is 0.856. The van der Waals surface area contributed by atoms with Gasteiger partial charge in [-0.3, -0.25) is 0 Å². The van der Waals surface area contributed by atoms with Gasteiger partial charge in [0.15, 0.2) is 11.5 Å². The normalized spacial score (nSPS) is 21.3. The molecule has 0 N–H and O–H groups in total. The first-order valence-corrected chi connectivity index (χ1v) is 9.03. The summed E-state index contributed by atoms with van der Waals surface area (Å²) in [6, 6.07) is 3.90. The van der Waals surface area contributed by atoms with Gasteiger partial charge in [-0.2, -0.15) is 4.31 Å². The number of unbranched alkanes of at least 4 members (excludes halogenated alkanes) is 1. The molecular weight excluding hydrogens is 290 g/mol. The zero-order chi connectivity index (χ0) is 15.0. The molecule has 0 fully saturated rings. The predicted octanol–water partition coefficient (Wildman–Crippen LogP) is 2.29. The topological polar surface area (TPSA) is 55.8 Å². The maximum Gasteiger partial charge on any atom is 0.231 e. The Balaban J connectivity index is 1.88. The van der Waals surface area contributed by atoms with Crippen LogP contribution in [0.25, 0.3) is 0 Å². The third-order valence-electron chi connectivity index (χ3n) is 4.14. The van der Waals surface area contributed by atoms with E-state index in [2.05, 4.69) is 0 Å². The van der Waals surface area contributed by atoms with Crippen LogP contribution in [0.1, 0.15) is 37.8 Å². The van der Waals surface area contributed by atoms with Crippen molar-refractivity contribution in [3.05, 3.63) is 23.3 Å². The fraction of sp³-hybridized carbons (Fsp3) is 0.600. The molecule has 1 unspecified atom stereocenters. The van der Waals surface area contributed by atoms with Crippen LogP contribution in [0.4, 0.5) is 0 Å². The fourth-order valence-electron chi connectivity index (χ4n) is 2.92. The first-order valence-electron chi connectivity index (χ1n) is 7.42. The first-order chi connectivity index (χ1) is 10.0. The number of sulfonamides is 1. The monoisotopic (exact) mass is 311 g/mol. The number of ether oxygens (including phenoxy) is 2. The average Bonchev–Trinajstić information content (AvgIpc) is 2.89. The summed E-state index contributed by atoms with van der Waals surface area (Å²) in [5.74, 6) is 1.71. The van der Waals surface area contributed by atoms with Gasteiger partial charge in [0.1, 0.15) is 0 Å². The van der Waals surface area contributed by atoms with E-state index < -0.39 is 10.0 Å². The molecule has 1 atom stereocenters. The number of rotatable bonds is 4. The molecule has 2 aliphatic heterocycles. The fourth-order valence-corrected chi connectivity index (χ4v) is 4.77. The number of fused-ring (bicyclic) bond motifs is 2. The molecule has 1 aromatic rings. The molecule has 0 aliphatic carbocycles. The Morgan fingerprint density at radius 1 is 1.24 bits per heavy atom. The van der Waals surface area contributed by atoms with Gasteiger partial charge in [-0.1, -0.05) is 13.3 Å². The Kier molecular flexibility index (Phi) is 3.84. The summed E-state index contributed by atoms with van der Waals surface area (Å²) in [7, 11) is -3.19. The summed E-state index contributed by atoms with van der Waals surface area (Å²) in [5.41, 5.74) is 2.19. The maximum absolute atomic E-state index is 12.5. The molecule has 5 nitrogen and oxygen atoms in total. The predicted molar refractivity (Wildman–Crippen MR) is 80.0 cm³/mol. The lowest BCUT2D eigenvalue weighted by Gasteiger charge is -2.34. The molecule has 0 radical (unpaired) electrons. The van der Waals surface area contributed by atoms with Crippen LogP contribution in [-0.4, -0.2) is 31.3 Å². The molecular formula is C15H21NO4S. The van der Waals surface area contributed by atoms with E-state index in [0.717, 1.165) is 29.7 Å². The summed E-state index contributed by atoms with van der Waals surface area (Å²) in [4.78, 5) is 0. The molecule has 0 amide bonds. The number of hydrogen-bond acceptors (Lipinski definition) is 4. The van der Waals surface area contributed by atoms with E-state index in [1.54, 1.807) is 4.31 Å². The zero-order valence-corrected chi connectivity index (χ0v) is 13.3. The van der Waals surface area contributed by atoms with Crippen LogP contribution in [0, 0.1) is 0 Å². The smallest absolute Gasteiger partial charge is 0.231 e. The number of nitrogens with zero attached hydrogens (tertiary/aromatic N) is 1. The van der Waals surface area contributed by atoms with Gasteiger partial charge < -0.3 is 9.47 Å². The van der Waals surface area contributed by atoms with Crippen LogP contribution in [0.15, 0.2) is 12.1 Å². The van der Waals surface area contributed by atoms with Crippen molar-refractivity contribution in [3.8, 4) is 11.5 Å². The van der Waals surface area contributed by atoms with E-state index in [-0.39, 0.29) is 18.6 Å². The van der Waals surface area contributed by atoms with Crippen LogP contribution in [0.3, 0.4) is 0 Å². The second kappa shape index (κ2) is 5.50. The van der Waals surface area contributed by atoms with Crippen molar-refractivity contribution in [1.29, 1.82) is 0 Å². The SMILES string of the molecule is CCCCS(=O)(=O)N1Cc2cc3c(cc2CC1C)OCO3. The van der Waals surface area contributed by atoms with Gasteiger partial charge in [0, 0.05) is 12.6 Å². The van der Waals surface area contributed by atoms with Crippen LogP contribution in [-0.2, 0) is 23.0 Å². The molecule has 0 saturated carbocycles. The Hall–Kier alpha value is -1.27. The minimum absolute atomic E-state index is 0.0141. The van der Waals surface area contributed by atoms with Crippen molar-refractivity contribution in [2.45, 2.75) is 45.7 Å². The Morgan fingerprint density at radius 3 is 2.57 bits per heavy atom. The highest BCUT2D eigenvalue weighted by atomic mass is 32.2. The van der Waals surface area contributed by atoms with E-state index >= 15 is 0 Å². The molecule has 21 heavy (non-hydrogen) atoms. The molecule has 0 spiro atoms. The van der Waals surface area contributed by atoms with E-state index in [1.165, 1.54) is 0 Å². The van der Waals surface area contributed by atoms with Gasteiger partial charge in [0.2, 0.25) is 16.8 Å². The summed E-state index contributed by atoms with van der Waals surface area (Å²) in [5, 5.41) is 0. The molecule has 2 heterocycles. The summed E-state index contributed by atoms with van der Waals surface area (Å²) in [6.07, 6.45) is 2.31. The Labute approximate surface area is 125 Å². The summed E-state index contributed by atoms with van der Waals surface area (Å²) in [6.45, 7) is 4.65. The van der Waals surface area contributed by atoms with Gasteiger partial charge >= 0.3 is 0 Å². The van der Waals surface area contributed by atoms with Gasteiger partial charge in [0.25, 0.3) is 0 Å². The van der Waals surface area contributed by atoms with Crippen LogP contribution in [0.5, 0.6) is 11.5 Å². The van der Waals surface area contributed by atoms with Crippen molar-refractivity contribution in [2.75, 3.05) is 12.5 Å². The van der Waals surface area contributed by atoms with Crippen molar-refractivity contribution < 1.29 is 17.9 Å². The van der Waals surface area contributed by atoms with Crippen LogP contribution in [0.2, 0.25) is 0 Å². The zero-order valence-electron chi connectivity index (χ0n) is 12.5. The highest BCUT2D eigenvalue weighted by Gasteiger charge is 2.33. The molecule has 116 valence electrons. The number of hydrogen-bond donors (Lipinski definition) is 0. The van der Waals surface area contributed by atoms with E-state index in [9.17, 15) is 8.42 Å². The molecule has 2 aliphatic rings. The largest absolute Gasteiger partial charge is 0.454 e. The lowest BCUT2D eigenvalue weighted by atomic mass is 9.96. The van der Waals surface area contributed by atoms with Crippen molar-refractivity contribution in [3.63, 3.8) is 0 Å². The summed E-state index contributed by atoms with van der Waals surface area (Å²) >= 11 is 0. The molecule has 0 aromatic heterocycles. The number of benzene rings is 1. The lowest BCUT2D eigenvalue weighted by Crippen LogP contribution is -2.43. The minimum Gasteiger partial charge on any atom is -0.454 e. The standard InChI is InChI=1S/C15H21NO4S/c1-3-4-5-21(17,18)16-9-13-8-15-14(19-10-20-15)7-12(13)6-11(16)2/h7-8,11H,3-6,9-10H2,1-2H3. The highest BCUT2D eigenvalue weighted by Crippen LogP contribution is 2.38. The third-order valence-corrected chi connectivity index (χ3v) is 6.15. The molecule has 3 rings (SSSR count). The molecule has 0 saturated heterocycles. The van der Waals surface area contributed by atoms with E-state index in [4.69, 9.17) is 9.47 Å². The van der Waals surface area contributed by atoms with Crippen molar-refractivity contribution in [2.24, 2.45) is 0 Å². The van der Waals surface area contributed by atoms with Gasteiger partial charge in [-0.15, -0.1) is 0 Å². The van der Waals surface area contributed by atoms with Crippen molar-refractivity contribution in [1.82, 2.24) is 4.31 Å². The average molecular weight is 311 g/mol. The minimum atomic E-state index is -3.19. The second-order valence-corrected chi connectivity index (χ2v) is 7.78. The van der Waals surface area contributed by atoms with Crippen LogP contribution >= 0.6 is 0 Å².